The molecule has 6 heteroatoms. The van der Waals surface area contributed by atoms with Crippen molar-refractivity contribution < 1.29 is 23.6 Å². The number of ether oxygens (including phenoxy) is 2. The monoisotopic (exact) mass is 435 g/mol. The molecule has 0 aliphatic carbocycles. The molecule has 0 unspecified atom stereocenters. The predicted octanol–water partition coefficient (Wildman–Crippen LogP) is 5.14. The van der Waals surface area contributed by atoms with Crippen molar-refractivity contribution in [1.29, 1.82) is 0 Å². The molecule has 0 fully saturated rings. The number of carbonyl (C=O) groups is 2. The highest BCUT2D eigenvalue weighted by molar-refractivity contribution is 5.81. The van der Waals surface area contributed by atoms with Gasteiger partial charge in [-0.2, -0.15) is 0 Å². The van der Waals surface area contributed by atoms with Gasteiger partial charge in [-0.25, -0.2) is 13.9 Å². The molecule has 1 aromatic heterocycles. The van der Waals surface area contributed by atoms with Crippen LogP contribution in [-0.2, 0) is 32.2 Å². The van der Waals surface area contributed by atoms with Crippen LogP contribution in [0.3, 0.4) is 0 Å². The normalized spacial score (nSPS) is 10.7. The molecule has 176 valence electrons. The summed E-state index contributed by atoms with van der Waals surface area (Å²) in [6.07, 6.45) is 21.6. The topological polar surface area (TPSA) is 61.4 Å². The van der Waals surface area contributed by atoms with E-state index in [-0.39, 0.29) is 5.97 Å². The molecule has 31 heavy (non-hydrogen) atoms. The van der Waals surface area contributed by atoms with Crippen LogP contribution in [-0.4, -0.2) is 29.7 Å². The van der Waals surface area contributed by atoms with Gasteiger partial charge in [-0.3, -0.25) is 4.79 Å². The van der Waals surface area contributed by atoms with E-state index in [1.165, 1.54) is 51.4 Å². The maximum atomic E-state index is 11.7. The maximum Gasteiger partial charge on any atom is 0.330 e. The van der Waals surface area contributed by atoms with E-state index in [1.807, 2.05) is 0 Å². The van der Waals surface area contributed by atoms with E-state index in [9.17, 15) is 9.59 Å². The van der Waals surface area contributed by atoms with E-state index >= 15 is 0 Å². The summed E-state index contributed by atoms with van der Waals surface area (Å²) in [5.41, 5.74) is 0. The van der Waals surface area contributed by atoms with Gasteiger partial charge in [0.15, 0.2) is 0 Å². The Kier molecular flexibility index (Phi) is 16.2. The minimum absolute atomic E-state index is 0.121. The number of rotatable bonds is 20. The van der Waals surface area contributed by atoms with E-state index < -0.39 is 5.97 Å². The summed E-state index contributed by atoms with van der Waals surface area (Å²) in [7, 11) is 0. The quantitative estimate of drug-likeness (QED) is 0.123. The zero-order valence-electron chi connectivity index (χ0n) is 19.6. The molecule has 0 spiro atoms. The molecule has 0 saturated heterocycles. The molecule has 0 aromatic carbocycles. The van der Waals surface area contributed by atoms with E-state index in [1.54, 1.807) is 0 Å². The number of esters is 2. The third-order valence-corrected chi connectivity index (χ3v) is 5.28. The minimum Gasteiger partial charge on any atom is -0.466 e. The lowest BCUT2D eigenvalue weighted by Gasteiger charge is -2.05. The minimum atomic E-state index is -0.413. The Morgan fingerprint density at radius 3 is 2.23 bits per heavy atom. The fourth-order valence-electron chi connectivity index (χ4n) is 3.36. The highest BCUT2D eigenvalue weighted by Crippen LogP contribution is 2.10. The first-order valence-electron chi connectivity index (χ1n) is 12.2. The van der Waals surface area contributed by atoms with Crippen molar-refractivity contribution in [1.82, 2.24) is 4.57 Å². The molecule has 0 bridgehead atoms. The second kappa shape index (κ2) is 18.6. The second-order valence-electron chi connectivity index (χ2n) is 8.12. The summed E-state index contributed by atoms with van der Waals surface area (Å²) in [5, 5.41) is 0. The summed E-state index contributed by atoms with van der Waals surface area (Å²) in [5.74, 6) is -0.534. The molecule has 0 atom stereocenters. The highest BCUT2D eigenvalue weighted by Gasteiger charge is 2.04. The first kappa shape index (κ1) is 26.9. The Bertz CT molecular complexity index is 612. The van der Waals surface area contributed by atoms with Crippen LogP contribution in [0.4, 0.5) is 0 Å². The first-order chi connectivity index (χ1) is 15.2. The third kappa shape index (κ3) is 15.4. The third-order valence-electron chi connectivity index (χ3n) is 5.28. The van der Waals surface area contributed by atoms with Gasteiger partial charge in [0.25, 0.3) is 0 Å². The summed E-state index contributed by atoms with van der Waals surface area (Å²) >= 11 is 0. The van der Waals surface area contributed by atoms with Crippen LogP contribution in [0.2, 0.25) is 0 Å². The average molecular weight is 436 g/mol. The Labute approximate surface area is 188 Å². The molecule has 0 aliphatic rings. The van der Waals surface area contributed by atoms with E-state index in [0.29, 0.717) is 32.5 Å². The van der Waals surface area contributed by atoms with Gasteiger partial charge >= 0.3 is 11.9 Å². The number of hydrogen-bond acceptors (Lipinski definition) is 4. The van der Waals surface area contributed by atoms with Crippen LogP contribution in [0.5, 0.6) is 0 Å². The molecule has 0 amide bonds. The summed E-state index contributed by atoms with van der Waals surface area (Å²) in [6.45, 7) is 8.53. The van der Waals surface area contributed by atoms with Crippen molar-refractivity contribution in [3.05, 3.63) is 31.4 Å². The van der Waals surface area contributed by atoms with Crippen molar-refractivity contribution in [3.63, 3.8) is 0 Å². The lowest BCUT2D eigenvalue weighted by Crippen LogP contribution is -2.30. The molecule has 0 aliphatic heterocycles. The summed E-state index contributed by atoms with van der Waals surface area (Å²) in [4.78, 5) is 22.5. The number of carbonyl (C=O) groups excluding carboxylic acids is 2. The Morgan fingerprint density at radius 1 is 0.903 bits per heavy atom. The molecular weight excluding hydrogens is 392 g/mol. The molecule has 1 heterocycles. The smallest absolute Gasteiger partial charge is 0.330 e. The van der Waals surface area contributed by atoms with Gasteiger partial charge < -0.3 is 9.47 Å². The van der Waals surface area contributed by atoms with Gasteiger partial charge in [0.1, 0.15) is 12.4 Å². The second-order valence-corrected chi connectivity index (χ2v) is 8.12. The molecule has 0 saturated carbocycles. The standard InChI is InChI=1S/C25H43N2O4/c1-3-5-17-26-19-20-27(23-26)18-13-11-9-7-6-8-10-12-16-25(29)31-22-15-14-21-30-24(28)4-2/h4,19-20,23H,2-3,5-18,21-22H2,1H3/q+1. The van der Waals surface area contributed by atoms with E-state index in [0.717, 1.165) is 32.0 Å². The molecule has 1 rings (SSSR count). The largest absolute Gasteiger partial charge is 0.466 e. The van der Waals surface area contributed by atoms with Gasteiger partial charge in [-0.15, -0.1) is 0 Å². The average Bonchev–Trinajstić information content (AvgIpc) is 3.23. The first-order valence-corrected chi connectivity index (χ1v) is 12.2. The molecule has 0 radical (unpaired) electrons. The number of nitrogens with zero attached hydrogens (tertiary/aromatic N) is 2. The van der Waals surface area contributed by atoms with Crippen LogP contribution >= 0.6 is 0 Å². The van der Waals surface area contributed by atoms with Crippen LogP contribution in [0.1, 0.15) is 90.4 Å². The SMILES string of the molecule is C=CC(=O)OCCCCOC(=O)CCCCCCCCCC[n+]1ccn(CCCC)c1. The van der Waals surface area contributed by atoms with Gasteiger partial charge in [-0.1, -0.05) is 52.0 Å². The van der Waals surface area contributed by atoms with E-state index in [4.69, 9.17) is 9.47 Å². The number of aromatic nitrogens is 2. The van der Waals surface area contributed by atoms with E-state index in [2.05, 4.69) is 41.4 Å². The Morgan fingerprint density at radius 2 is 1.55 bits per heavy atom. The van der Waals surface area contributed by atoms with Crippen molar-refractivity contribution in [3.8, 4) is 0 Å². The van der Waals surface area contributed by atoms with Crippen LogP contribution in [0.15, 0.2) is 31.4 Å². The lowest BCUT2D eigenvalue weighted by atomic mass is 10.1. The molecule has 6 nitrogen and oxygen atoms in total. The van der Waals surface area contributed by atoms with Crippen molar-refractivity contribution >= 4 is 11.9 Å². The van der Waals surface area contributed by atoms with Gasteiger partial charge in [0, 0.05) is 12.5 Å². The Balaban J connectivity index is 1.83. The van der Waals surface area contributed by atoms with Crippen LogP contribution in [0, 0.1) is 0 Å². The fraction of sp³-hybridized carbons (Fsp3) is 0.720. The lowest BCUT2D eigenvalue weighted by molar-refractivity contribution is -0.696. The van der Waals surface area contributed by atoms with Crippen molar-refractivity contribution in [2.75, 3.05) is 13.2 Å². The number of hydrogen-bond donors (Lipinski definition) is 0. The summed E-state index contributed by atoms with van der Waals surface area (Å²) in [6, 6.07) is 0. The Hall–Kier alpha value is -2.11. The highest BCUT2D eigenvalue weighted by atomic mass is 16.5. The predicted molar refractivity (Wildman–Crippen MR) is 122 cm³/mol. The zero-order valence-corrected chi connectivity index (χ0v) is 19.6. The zero-order chi connectivity index (χ0) is 22.6. The van der Waals surface area contributed by atoms with Gasteiger partial charge in [0.2, 0.25) is 6.33 Å². The number of imidazole rings is 1. The number of aryl methyl sites for hydroxylation is 2. The van der Waals surface area contributed by atoms with Crippen LogP contribution in [0.25, 0.3) is 0 Å². The number of unbranched alkanes of at least 4 members (excludes halogenated alkanes) is 9. The molecule has 0 N–H and O–H groups in total. The van der Waals surface area contributed by atoms with Crippen molar-refractivity contribution in [2.24, 2.45) is 0 Å². The summed E-state index contributed by atoms with van der Waals surface area (Å²) < 4.78 is 14.6. The van der Waals surface area contributed by atoms with Gasteiger partial charge in [-0.05, 0) is 38.5 Å². The fourth-order valence-corrected chi connectivity index (χ4v) is 3.36. The van der Waals surface area contributed by atoms with Crippen LogP contribution < -0.4 is 4.57 Å². The maximum absolute atomic E-state index is 11.7. The molecule has 1 aromatic rings. The molecular formula is C25H43N2O4+. The van der Waals surface area contributed by atoms with Crippen molar-refractivity contribution in [2.45, 2.75) is 103 Å². The van der Waals surface area contributed by atoms with Gasteiger partial charge in [0.05, 0.1) is 26.3 Å².